The first-order chi connectivity index (χ1) is 15.1. The molecule has 2 heterocycles. The maximum Gasteiger partial charge on any atom is 0.460 e. The molecule has 0 bridgehead atoms. The second-order valence-electron chi connectivity index (χ2n) is 7.65. The van der Waals surface area contributed by atoms with E-state index in [0.29, 0.717) is 11.3 Å². The van der Waals surface area contributed by atoms with Crippen LogP contribution in [-0.4, -0.2) is 32.1 Å². The first kappa shape index (κ1) is 22.7. The van der Waals surface area contributed by atoms with Crippen LogP contribution in [0.3, 0.4) is 0 Å². The molecule has 3 rings (SSSR count). The van der Waals surface area contributed by atoms with Crippen molar-refractivity contribution in [2.75, 3.05) is 5.32 Å². The van der Waals surface area contributed by atoms with Crippen molar-refractivity contribution in [2.45, 2.75) is 33.0 Å². The minimum absolute atomic E-state index is 0.0638. The average molecular weight is 443 g/mol. The maximum atomic E-state index is 13.7. The van der Waals surface area contributed by atoms with Gasteiger partial charge in [0, 0.05) is 12.6 Å². The number of aromatic nitrogens is 3. The Kier molecular flexibility index (Phi) is 6.67. The monoisotopic (exact) mass is 443 g/mol. The number of ether oxygens (including phenoxy) is 1. The summed E-state index contributed by atoms with van der Waals surface area (Å²) < 4.78 is 24.9. The predicted octanol–water partition coefficient (Wildman–Crippen LogP) is 3.22. The van der Waals surface area contributed by atoms with Gasteiger partial charge in [0.25, 0.3) is 0 Å². The molecule has 0 saturated carbocycles. The zero-order valence-corrected chi connectivity index (χ0v) is 18.0. The largest absolute Gasteiger partial charge is 0.460 e. The summed E-state index contributed by atoms with van der Waals surface area (Å²) in [5.74, 6) is -0.983. The highest BCUT2D eigenvalue weighted by atomic mass is 19.1. The number of carbonyl (C=O) groups is 1. The molecule has 0 fully saturated rings. The summed E-state index contributed by atoms with van der Waals surface area (Å²) in [5.41, 5.74) is 0.242. The van der Waals surface area contributed by atoms with Crippen molar-refractivity contribution in [3.63, 3.8) is 0 Å². The number of aryl methyl sites for hydroxylation is 1. The molecule has 0 atom stereocenters. The third-order valence-electron chi connectivity index (χ3n) is 3.82. The van der Waals surface area contributed by atoms with E-state index in [4.69, 9.17) is 14.1 Å². The average Bonchev–Trinajstić information content (AvgIpc) is 3.01. The molecule has 32 heavy (non-hydrogen) atoms. The first-order valence-electron chi connectivity index (χ1n) is 9.57. The molecular formula is C21H22FN5O5. The summed E-state index contributed by atoms with van der Waals surface area (Å²) in [7, 11) is 1.46. The molecule has 0 spiro atoms. The van der Waals surface area contributed by atoms with E-state index in [1.165, 1.54) is 25.2 Å². The quantitative estimate of drug-likeness (QED) is 0.459. The van der Waals surface area contributed by atoms with Crippen LogP contribution < -0.4 is 11.1 Å². The summed E-state index contributed by atoms with van der Waals surface area (Å²) in [4.78, 5) is 36.8. The molecule has 2 aromatic heterocycles. The molecule has 0 aliphatic carbocycles. The van der Waals surface area contributed by atoms with Crippen LogP contribution in [-0.2, 0) is 23.2 Å². The fourth-order valence-corrected chi connectivity index (χ4v) is 2.60. The molecular weight excluding hydrogens is 421 g/mol. The third-order valence-corrected chi connectivity index (χ3v) is 3.82. The summed E-state index contributed by atoms with van der Waals surface area (Å²) in [6.45, 7) is 5.18. The predicted molar refractivity (Wildman–Crippen MR) is 113 cm³/mol. The number of hydrogen-bond donors (Lipinski definition) is 1. The topological polar surface area (TPSA) is 121 Å². The van der Waals surface area contributed by atoms with Crippen LogP contribution >= 0.6 is 0 Å². The number of nitrogens with zero attached hydrogens (tertiary/aromatic N) is 4. The molecule has 0 aliphatic rings. The van der Waals surface area contributed by atoms with Gasteiger partial charge >= 0.3 is 11.8 Å². The van der Waals surface area contributed by atoms with E-state index in [0.717, 1.165) is 4.74 Å². The SMILES string of the molecule is Cn1oc(=O)nc1/C(=N/OCc1cccc(NC(=O)OC(C)(C)C)n1)c1cccc(F)c1. The molecule has 0 unspecified atom stereocenters. The lowest BCUT2D eigenvalue weighted by Crippen LogP contribution is -2.27. The highest BCUT2D eigenvalue weighted by Gasteiger charge is 2.18. The highest BCUT2D eigenvalue weighted by Crippen LogP contribution is 2.13. The number of pyridine rings is 1. The first-order valence-corrected chi connectivity index (χ1v) is 9.57. The van der Waals surface area contributed by atoms with Gasteiger partial charge in [-0.25, -0.2) is 19.0 Å². The Hall–Kier alpha value is -4.02. The molecule has 0 aliphatic heterocycles. The number of nitrogens with one attached hydrogen (secondary N) is 1. The molecule has 0 saturated heterocycles. The van der Waals surface area contributed by atoms with Gasteiger partial charge in [-0.2, -0.15) is 9.72 Å². The van der Waals surface area contributed by atoms with Crippen molar-refractivity contribution in [3.05, 3.63) is 75.9 Å². The summed E-state index contributed by atoms with van der Waals surface area (Å²) in [6, 6.07) is 10.5. The van der Waals surface area contributed by atoms with Crippen LogP contribution in [0, 0.1) is 5.82 Å². The van der Waals surface area contributed by atoms with Crippen molar-refractivity contribution in [2.24, 2.45) is 12.2 Å². The molecule has 1 N–H and O–H groups in total. The highest BCUT2D eigenvalue weighted by molar-refractivity contribution is 6.10. The minimum atomic E-state index is -0.825. The van der Waals surface area contributed by atoms with Crippen LogP contribution in [0.1, 0.15) is 37.9 Å². The third kappa shape index (κ3) is 6.24. The summed E-state index contributed by atoms with van der Waals surface area (Å²) in [5, 5.41) is 6.57. The van der Waals surface area contributed by atoms with E-state index in [9.17, 15) is 14.0 Å². The van der Waals surface area contributed by atoms with Crippen molar-refractivity contribution >= 4 is 17.6 Å². The van der Waals surface area contributed by atoms with E-state index in [1.807, 2.05) is 0 Å². The Morgan fingerprint density at radius 1 is 1.22 bits per heavy atom. The molecule has 168 valence electrons. The number of hydrogen-bond acceptors (Lipinski definition) is 8. The van der Waals surface area contributed by atoms with Gasteiger partial charge in [-0.15, -0.1) is 0 Å². The van der Waals surface area contributed by atoms with Gasteiger partial charge < -0.3 is 14.1 Å². The Morgan fingerprint density at radius 3 is 2.62 bits per heavy atom. The van der Waals surface area contributed by atoms with Gasteiger partial charge in [-0.05, 0) is 45.0 Å². The van der Waals surface area contributed by atoms with Crippen LogP contribution in [0.15, 0.2) is 56.9 Å². The number of anilines is 1. The smallest absolute Gasteiger partial charge is 0.444 e. The van der Waals surface area contributed by atoms with Gasteiger partial charge in [-0.1, -0.05) is 23.4 Å². The Labute approximate surface area is 182 Å². The van der Waals surface area contributed by atoms with Gasteiger partial charge in [0.05, 0.1) is 5.69 Å². The summed E-state index contributed by atoms with van der Waals surface area (Å²) in [6.07, 6.45) is -0.638. The number of oxime groups is 1. The molecule has 10 nitrogen and oxygen atoms in total. The van der Waals surface area contributed by atoms with Gasteiger partial charge in [0.2, 0.25) is 0 Å². The standard InChI is InChI=1S/C21H22FN5O5/c1-21(2,3)31-19(28)24-16-10-6-9-15(23-16)12-30-26-17(13-7-5-8-14(22)11-13)18-25-20(29)32-27(18)4/h5-11H,12H2,1-4H3,(H,23,24,28)/b26-17+. The van der Waals surface area contributed by atoms with Crippen molar-refractivity contribution in [1.29, 1.82) is 0 Å². The van der Waals surface area contributed by atoms with Crippen LogP contribution in [0.4, 0.5) is 15.0 Å². The van der Waals surface area contributed by atoms with Gasteiger partial charge in [0.1, 0.15) is 17.2 Å². The van der Waals surface area contributed by atoms with Crippen molar-refractivity contribution < 1.29 is 23.3 Å². The Morgan fingerprint density at radius 2 is 1.97 bits per heavy atom. The minimum Gasteiger partial charge on any atom is -0.444 e. The number of amides is 1. The number of rotatable bonds is 6. The van der Waals surface area contributed by atoms with E-state index in [1.54, 1.807) is 45.0 Å². The zero-order valence-electron chi connectivity index (χ0n) is 18.0. The van der Waals surface area contributed by atoms with Gasteiger partial charge in [-0.3, -0.25) is 5.32 Å². The van der Waals surface area contributed by atoms with Crippen LogP contribution in [0.5, 0.6) is 0 Å². The van der Waals surface area contributed by atoms with Crippen LogP contribution in [0.25, 0.3) is 0 Å². The number of benzene rings is 1. The lowest BCUT2D eigenvalue weighted by atomic mass is 10.1. The maximum absolute atomic E-state index is 13.7. The Bertz CT molecular complexity index is 1200. The fourth-order valence-electron chi connectivity index (χ4n) is 2.60. The fraction of sp³-hybridized carbons (Fsp3) is 0.286. The number of halogens is 1. The van der Waals surface area contributed by atoms with Crippen molar-refractivity contribution in [3.8, 4) is 0 Å². The molecule has 1 aromatic carbocycles. The van der Waals surface area contributed by atoms with E-state index < -0.39 is 23.3 Å². The summed E-state index contributed by atoms with van der Waals surface area (Å²) >= 11 is 0. The Balaban J connectivity index is 1.78. The van der Waals surface area contributed by atoms with Crippen molar-refractivity contribution in [1.82, 2.24) is 14.7 Å². The molecule has 11 heteroatoms. The second kappa shape index (κ2) is 9.41. The van der Waals surface area contributed by atoms with E-state index in [-0.39, 0.29) is 24.0 Å². The van der Waals surface area contributed by atoms with Crippen LogP contribution in [0.2, 0.25) is 0 Å². The van der Waals surface area contributed by atoms with E-state index in [2.05, 4.69) is 20.4 Å². The zero-order chi connectivity index (χ0) is 23.3. The molecule has 3 aromatic rings. The number of carbonyl (C=O) groups excluding carboxylic acids is 1. The molecule has 0 radical (unpaired) electrons. The molecule has 1 amide bonds. The normalized spacial score (nSPS) is 11.8. The van der Waals surface area contributed by atoms with E-state index >= 15 is 0 Å². The van der Waals surface area contributed by atoms with Gasteiger partial charge in [0.15, 0.2) is 18.1 Å². The lowest BCUT2D eigenvalue weighted by molar-refractivity contribution is 0.0635. The lowest BCUT2D eigenvalue weighted by Gasteiger charge is -2.19. The second-order valence-corrected chi connectivity index (χ2v) is 7.65.